The van der Waals surface area contributed by atoms with Gasteiger partial charge >= 0.3 is 0 Å². The summed E-state index contributed by atoms with van der Waals surface area (Å²) in [6.45, 7) is 4.81. The SMILES string of the molecule is Cc1ccncc1CNC(C)(CO)c1ccccc1. The van der Waals surface area contributed by atoms with Crippen LogP contribution in [-0.2, 0) is 12.1 Å². The van der Waals surface area contributed by atoms with Crippen LogP contribution in [0.2, 0.25) is 0 Å². The molecule has 1 heterocycles. The lowest BCUT2D eigenvalue weighted by Crippen LogP contribution is -2.42. The van der Waals surface area contributed by atoms with Crippen LogP contribution >= 0.6 is 0 Å². The Hall–Kier alpha value is -1.71. The number of aromatic nitrogens is 1. The molecule has 0 aliphatic heterocycles. The predicted molar refractivity (Wildman–Crippen MR) is 76.7 cm³/mol. The van der Waals surface area contributed by atoms with E-state index in [2.05, 4.69) is 17.2 Å². The molecule has 1 atom stereocenters. The van der Waals surface area contributed by atoms with E-state index in [1.165, 1.54) is 5.56 Å². The van der Waals surface area contributed by atoms with Crippen molar-refractivity contribution in [3.05, 3.63) is 65.5 Å². The highest BCUT2D eigenvalue weighted by Gasteiger charge is 2.24. The van der Waals surface area contributed by atoms with Crippen molar-refractivity contribution < 1.29 is 5.11 Å². The van der Waals surface area contributed by atoms with Gasteiger partial charge < -0.3 is 10.4 Å². The smallest absolute Gasteiger partial charge is 0.0652 e. The number of aliphatic hydroxyl groups excluding tert-OH is 1. The Kier molecular flexibility index (Phi) is 4.30. The molecule has 0 aliphatic carbocycles. The highest BCUT2D eigenvalue weighted by Crippen LogP contribution is 2.20. The Morgan fingerprint density at radius 2 is 1.95 bits per heavy atom. The molecule has 0 bridgehead atoms. The fraction of sp³-hybridized carbons (Fsp3) is 0.312. The summed E-state index contributed by atoms with van der Waals surface area (Å²) in [5, 5.41) is 13.1. The molecular weight excluding hydrogens is 236 g/mol. The maximum absolute atomic E-state index is 9.71. The van der Waals surface area contributed by atoms with E-state index < -0.39 is 5.54 Å². The maximum Gasteiger partial charge on any atom is 0.0652 e. The van der Waals surface area contributed by atoms with Gasteiger partial charge in [0, 0.05) is 18.9 Å². The number of pyridine rings is 1. The van der Waals surface area contributed by atoms with Gasteiger partial charge in [0.2, 0.25) is 0 Å². The van der Waals surface area contributed by atoms with E-state index in [4.69, 9.17) is 0 Å². The first-order valence-corrected chi connectivity index (χ1v) is 6.46. The zero-order valence-electron chi connectivity index (χ0n) is 11.4. The van der Waals surface area contributed by atoms with Gasteiger partial charge in [-0.2, -0.15) is 0 Å². The van der Waals surface area contributed by atoms with E-state index in [9.17, 15) is 5.11 Å². The van der Waals surface area contributed by atoms with Crippen molar-refractivity contribution in [1.82, 2.24) is 10.3 Å². The van der Waals surface area contributed by atoms with Gasteiger partial charge in [0.15, 0.2) is 0 Å². The molecule has 1 aromatic carbocycles. The first kappa shape index (κ1) is 13.7. The highest BCUT2D eigenvalue weighted by molar-refractivity contribution is 5.25. The molecule has 0 radical (unpaired) electrons. The van der Waals surface area contributed by atoms with E-state index in [-0.39, 0.29) is 6.61 Å². The van der Waals surface area contributed by atoms with Gasteiger partial charge in [0.05, 0.1) is 12.1 Å². The molecule has 3 nitrogen and oxygen atoms in total. The Morgan fingerprint density at radius 3 is 2.58 bits per heavy atom. The van der Waals surface area contributed by atoms with Crippen LogP contribution < -0.4 is 5.32 Å². The molecule has 0 saturated heterocycles. The summed E-state index contributed by atoms with van der Waals surface area (Å²) in [5.41, 5.74) is 3.00. The predicted octanol–water partition coefficient (Wildman–Crippen LogP) is 2.39. The van der Waals surface area contributed by atoms with E-state index in [1.807, 2.05) is 49.5 Å². The van der Waals surface area contributed by atoms with E-state index in [0.29, 0.717) is 6.54 Å². The van der Waals surface area contributed by atoms with Crippen molar-refractivity contribution in [2.75, 3.05) is 6.61 Å². The third-order valence-electron chi connectivity index (χ3n) is 3.54. The quantitative estimate of drug-likeness (QED) is 0.863. The zero-order valence-corrected chi connectivity index (χ0v) is 11.4. The first-order chi connectivity index (χ1) is 9.15. The molecule has 2 N–H and O–H groups in total. The lowest BCUT2D eigenvalue weighted by molar-refractivity contribution is 0.173. The summed E-state index contributed by atoms with van der Waals surface area (Å²) in [4.78, 5) is 4.14. The van der Waals surface area contributed by atoms with Crippen molar-refractivity contribution in [1.29, 1.82) is 0 Å². The summed E-state index contributed by atoms with van der Waals surface area (Å²) >= 11 is 0. The molecule has 19 heavy (non-hydrogen) atoms. The van der Waals surface area contributed by atoms with Crippen molar-refractivity contribution in [2.24, 2.45) is 0 Å². The molecule has 100 valence electrons. The Balaban J connectivity index is 2.14. The second-order valence-corrected chi connectivity index (χ2v) is 5.01. The summed E-state index contributed by atoms with van der Waals surface area (Å²) in [5.74, 6) is 0. The van der Waals surface area contributed by atoms with Gasteiger partial charge in [0.1, 0.15) is 0 Å². The number of aliphatic hydroxyl groups is 1. The highest BCUT2D eigenvalue weighted by atomic mass is 16.3. The largest absolute Gasteiger partial charge is 0.394 e. The Labute approximate surface area is 114 Å². The van der Waals surface area contributed by atoms with E-state index in [0.717, 1.165) is 11.1 Å². The summed E-state index contributed by atoms with van der Waals surface area (Å²) in [6.07, 6.45) is 3.66. The minimum absolute atomic E-state index is 0.0519. The van der Waals surface area contributed by atoms with Crippen molar-refractivity contribution in [3.63, 3.8) is 0 Å². The topological polar surface area (TPSA) is 45.2 Å². The molecular formula is C16H20N2O. The lowest BCUT2D eigenvalue weighted by Gasteiger charge is -2.29. The third-order valence-corrected chi connectivity index (χ3v) is 3.54. The van der Waals surface area contributed by atoms with Crippen LogP contribution in [-0.4, -0.2) is 16.7 Å². The van der Waals surface area contributed by atoms with Crippen molar-refractivity contribution in [2.45, 2.75) is 25.9 Å². The van der Waals surface area contributed by atoms with Crippen LogP contribution in [0.1, 0.15) is 23.6 Å². The maximum atomic E-state index is 9.71. The number of rotatable bonds is 5. The molecule has 0 amide bonds. The van der Waals surface area contributed by atoms with E-state index >= 15 is 0 Å². The van der Waals surface area contributed by atoms with Gasteiger partial charge in [-0.3, -0.25) is 4.98 Å². The van der Waals surface area contributed by atoms with Crippen molar-refractivity contribution in [3.8, 4) is 0 Å². The van der Waals surface area contributed by atoms with Gasteiger partial charge in [-0.05, 0) is 36.6 Å². The van der Waals surface area contributed by atoms with Crippen LogP contribution in [0, 0.1) is 6.92 Å². The molecule has 1 unspecified atom stereocenters. The van der Waals surface area contributed by atoms with E-state index in [1.54, 1.807) is 6.20 Å². The average Bonchev–Trinajstić information content (AvgIpc) is 2.47. The van der Waals surface area contributed by atoms with Gasteiger partial charge in [-0.1, -0.05) is 30.3 Å². The monoisotopic (exact) mass is 256 g/mol. The third kappa shape index (κ3) is 3.19. The molecule has 2 aromatic rings. The number of aryl methyl sites for hydroxylation is 1. The number of nitrogens with one attached hydrogen (secondary N) is 1. The fourth-order valence-corrected chi connectivity index (χ4v) is 2.03. The molecule has 0 spiro atoms. The number of nitrogens with zero attached hydrogens (tertiary/aromatic N) is 1. The average molecular weight is 256 g/mol. The Morgan fingerprint density at radius 1 is 1.21 bits per heavy atom. The summed E-state index contributed by atoms with van der Waals surface area (Å²) < 4.78 is 0. The standard InChI is InChI=1S/C16H20N2O/c1-13-8-9-17-10-14(13)11-18-16(2,12-19)15-6-4-3-5-7-15/h3-10,18-19H,11-12H2,1-2H3. The van der Waals surface area contributed by atoms with Crippen molar-refractivity contribution >= 4 is 0 Å². The number of hydrogen-bond acceptors (Lipinski definition) is 3. The van der Waals surface area contributed by atoms with Gasteiger partial charge in [-0.15, -0.1) is 0 Å². The molecule has 0 fully saturated rings. The normalized spacial score (nSPS) is 14.1. The van der Waals surface area contributed by atoms with Crippen LogP contribution in [0.15, 0.2) is 48.8 Å². The summed E-state index contributed by atoms with van der Waals surface area (Å²) in [6, 6.07) is 12.0. The number of benzene rings is 1. The van der Waals surface area contributed by atoms with Crippen LogP contribution in [0.4, 0.5) is 0 Å². The van der Waals surface area contributed by atoms with Crippen LogP contribution in [0.3, 0.4) is 0 Å². The lowest BCUT2D eigenvalue weighted by atomic mass is 9.92. The van der Waals surface area contributed by atoms with Crippen LogP contribution in [0.5, 0.6) is 0 Å². The molecule has 2 rings (SSSR count). The Bertz CT molecular complexity index is 527. The van der Waals surface area contributed by atoms with Gasteiger partial charge in [0.25, 0.3) is 0 Å². The van der Waals surface area contributed by atoms with Crippen LogP contribution in [0.25, 0.3) is 0 Å². The fourth-order valence-electron chi connectivity index (χ4n) is 2.03. The first-order valence-electron chi connectivity index (χ1n) is 6.46. The molecule has 1 aromatic heterocycles. The van der Waals surface area contributed by atoms with Gasteiger partial charge in [-0.25, -0.2) is 0 Å². The minimum Gasteiger partial charge on any atom is -0.394 e. The number of hydrogen-bond donors (Lipinski definition) is 2. The zero-order chi connectivity index (χ0) is 13.7. The second kappa shape index (κ2) is 5.95. The molecule has 0 saturated carbocycles. The minimum atomic E-state index is -0.441. The summed E-state index contributed by atoms with van der Waals surface area (Å²) in [7, 11) is 0. The molecule has 3 heteroatoms. The second-order valence-electron chi connectivity index (χ2n) is 5.01. The molecule has 0 aliphatic rings.